The van der Waals surface area contributed by atoms with E-state index in [9.17, 15) is 4.79 Å². The number of piperidine rings is 1. The highest BCUT2D eigenvalue weighted by atomic mass is 35.5. The summed E-state index contributed by atoms with van der Waals surface area (Å²) in [7, 11) is 1.72. The van der Waals surface area contributed by atoms with Crippen LogP contribution in [0.15, 0.2) is 12.1 Å². The van der Waals surface area contributed by atoms with Gasteiger partial charge in [-0.15, -0.1) is 0 Å². The maximum absolute atomic E-state index is 12.6. The van der Waals surface area contributed by atoms with Crippen molar-refractivity contribution in [3.8, 4) is 0 Å². The highest BCUT2D eigenvalue weighted by Gasteiger charge is 2.25. The minimum atomic E-state index is -0.136. The molecule has 0 unspecified atom stereocenters. The van der Waals surface area contributed by atoms with Gasteiger partial charge in [-0.2, -0.15) is 0 Å². The lowest BCUT2D eigenvalue weighted by molar-refractivity contribution is 0.0350. The highest BCUT2D eigenvalue weighted by Crippen LogP contribution is 2.24. The van der Waals surface area contributed by atoms with Crippen molar-refractivity contribution < 1.29 is 9.53 Å². The zero-order chi connectivity index (χ0) is 15.6. The molecule has 0 atom stereocenters. The fraction of sp³-hybridized carbons (Fsp3) is 0.625. The first kappa shape index (κ1) is 16.2. The van der Waals surface area contributed by atoms with Gasteiger partial charge in [0, 0.05) is 36.9 Å². The van der Waals surface area contributed by atoms with Crippen LogP contribution in [0.3, 0.4) is 0 Å². The Kier molecular flexibility index (Phi) is 4.89. The molecule has 0 saturated carbocycles. The summed E-state index contributed by atoms with van der Waals surface area (Å²) in [5.41, 5.74) is 1.32. The van der Waals surface area contributed by atoms with Crippen LogP contribution in [0.1, 0.15) is 49.7 Å². The number of aromatic nitrogens is 1. The normalized spacial score (nSPS) is 17.1. The Balaban J connectivity index is 2.18. The average Bonchev–Trinajstić information content (AvgIpc) is 2.45. The lowest BCUT2D eigenvalue weighted by Crippen LogP contribution is -2.40. The lowest BCUT2D eigenvalue weighted by atomic mass is 9.90. The molecule has 0 bridgehead atoms. The minimum absolute atomic E-state index is 0.0272. The Labute approximate surface area is 131 Å². The maximum atomic E-state index is 12.6. The summed E-state index contributed by atoms with van der Waals surface area (Å²) in [6, 6.07) is 3.51. The number of pyridine rings is 1. The van der Waals surface area contributed by atoms with E-state index in [1.54, 1.807) is 13.2 Å². The molecule has 2 heterocycles. The Morgan fingerprint density at radius 3 is 2.48 bits per heavy atom. The van der Waals surface area contributed by atoms with Gasteiger partial charge in [0.1, 0.15) is 5.15 Å². The van der Waals surface area contributed by atoms with E-state index in [1.165, 1.54) is 0 Å². The predicted octanol–water partition coefficient (Wildman–Crippen LogP) is 3.28. The first-order valence-corrected chi connectivity index (χ1v) is 7.69. The number of carbonyl (C=O) groups is 1. The summed E-state index contributed by atoms with van der Waals surface area (Å²) in [5, 5.41) is 0.373. The topological polar surface area (TPSA) is 42.4 Å². The van der Waals surface area contributed by atoms with Crippen molar-refractivity contribution in [3.63, 3.8) is 0 Å². The van der Waals surface area contributed by atoms with Crippen molar-refractivity contribution in [2.45, 2.75) is 45.1 Å². The third kappa shape index (κ3) is 3.95. The van der Waals surface area contributed by atoms with Crippen LogP contribution in [0.25, 0.3) is 0 Å². The van der Waals surface area contributed by atoms with E-state index in [0.29, 0.717) is 10.7 Å². The van der Waals surface area contributed by atoms with Crippen molar-refractivity contribution in [2.75, 3.05) is 20.2 Å². The van der Waals surface area contributed by atoms with Crippen LogP contribution in [-0.4, -0.2) is 42.1 Å². The van der Waals surface area contributed by atoms with E-state index in [4.69, 9.17) is 16.3 Å². The summed E-state index contributed by atoms with van der Waals surface area (Å²) in [6.45, 7) is 7.63. The van der Waals surface area contributed by atoms with Crippen LogP contribution in [0.5, 0.6) is 0 Å². The number of amides is 1. The molecule has 0 radical (unpaired) electrons. The van der Waals surface area contributed by atoms with Crippen molar-refractivity contribution in [1.82, 2.24) is 9.88 Å². The van der Waals surface area contributed by atoms with E-state index in [-0.39, 0.29) is 17.4 Å². The summed E-state index contributed by atoms with van der Waals surface area (Å²) < 4.78 is 5.34. The van der Waals surface area contributed by atoms with Gasteiger partial charge >= 0.3 is 0 Å². The highest BCUT2D eigenvalue weighted by molar-refractivity contribution is 6.29. The molecule has 0 aromatic carbocycles. The Bertz CT molecular complexity index is 517. The number of rotatable bonds is 2. The first-order valence-electron chi connectivity index (χ1n) is 7.31. The molecule has 1 aliphatic heterocycles. The molecule has 5 heteroatoms. The molecule has 1 amide bonds. The second-order valence-electron chi connectivity index (χ2n) is 6.54. The fourth-order valence-electron chi connectivity index (χ4n) is 2.48. The summed E-state index contributed by atoms with van der Waals surface area (Å²) in [5.74, 6) is 0.0272. The van der Waals surface area contributed by atoms with Crippen molar-refractivity contribution in [3.05, 3.63) is 28.5 Å². The third-order valence-corrected chi connectivity index (χ3v) is 4.07. The van der Waals surface area contributed by atoms with Gasteiger partial charge < -0.3 is 9.64 Å². The average molecular weight is 311 g/mol. The van der Waals surface area contributed by atoms with E-state index >= 15 is 0 Å². The molecule has 0 spiro atoms. The molecule has 1 aromatic rings. The van der Waals surface area contributed by atoms with Gasteiger partial charge in [-0.25, -0.2) is 4.98 Å². The summed E-state index contributed by atoms with van der Waals surface area (Å²) >= 11 is 6.08. The van der Waals surface area contributed by atoms with Crippen molar-refractivity contribution >= 4 is 17.5 Å². The number of likely N-dealkylation sites (tertiary alicyclic amines) is 1. The van der Waals surface area contributed by atoms with Gasteiger partial charge in [-0.05, 0) is 25.0 Å². The molecular weight excluding hydrogens is 288 g/mol. The van der Waals surface area contributed by atoms with Crippen LogP contribution in [0.2, 0.25) is 5.15 Å². The number of nitrogens with zero attached hydrogens (tertiary/aromatic N) is 2. The number of carbonyl (C=O) groups excluding carboxylic acids is 1. The number of hydrogen-bond acceptors (Lipinski definition) is 3. The second kappa shape index (κ2) is 6.32. The monoisotopic (exact) mass is 310 g/mol. The van der Waals surface area contributed by atoms with Crippen LogP contribution in [0.4, 0.5) is 0 Å². The zero-order valence-electron chi connectivity index (χ0n) is 13.1. The number of hydrogen-bond donors (Lipinski definition) is 0. The zero-order valence-corrected chi connectivity index (χ0v) is 13.9. The van der Waals surface area contributed by atoms with Crippen LogP contribution in [0, 0.1) is 0 Å². The fourth-order valence-corrected chi connectivity index (χ4v) is 2.69. The predicted molar refractivity (Wildman–Crippen MR) is 83.9 cm³/mol. The lowest BCUT2D eigenvalue weighted by Gasteiger charge is -2.31. The van der Waals surface area contributed by atoms with E-state index in [0.717, 1.165) is 31.6 Å². The van der Waals surface area contributed by atoms with Crippen LogP contribution in [-0.2, 0) is 10.2 Å². The van der Waals surface area contributed by atoms with Crippen molar-refractivity contribution in [1.29, 1.82) is 0 Å². The van der Waals surface area contributed by atoms with Gasteiger partial charge in [0.2, 0.25) is 0 Å². The number of halogens is 1. The third-order valence-electron chi connectivity index (χ3n) is 3.87. The van der Waals surface area contributed by atoms with Gasteiger partial charge in [0.25, 0.3) is 5.91 Å². The SMILES string of the molecule is COC1CCN(C(=O)c2cc(Cl)nc(C(C)(C)C)c2)CC1. The molecule has 2 rings (SSSR count). The first-order chi connectivity index (χ1) is 9.81. The molecule has 1 aliphatic rings. The molecule has 21 heavy (non-hydrogen) atoms. The standard InChI is InChI=1S/C16H23ClN2O2/c1-16(2,3)13-9-11(10-14(17)18-13)15(20)19-7-5-12(21-4)6-8-19/h9-10,12H,5-8H2,1-4H3. The Morgan fingerprint density at radius 2 is 1.95 bits per heavy atom. The molecule has 1 saturated heterocycles. The number of ether oxygens (including phenoxy) is 1. The smallest absolute Gasteiger partial charge is 0.254 e. The Hall–Kier alpha value is -1.13. The molecule has 116 valence electrons. The van der Waals surface area contributed by atoms with E-state index in [1.807, 2.05) is 11.0 Å². The van der Waals surface area contributed by atoms with Gasteiger partial charge in [0.15, 0.2) is 0 Å². The van der Waals surface area contributed by atoms with Gasteiger partial charge in [-0.1, -0.05) is 32.4 Å². The molecule has 1 aromatic heterocycles. The van der Waals surface area contributed by atoms with E-state index in [2.05, 4.69) is 25.8 Å². The molecule has 0 N–H and O–H groups in total. The molecule has 4 nitrogen and oxygen atoms in total. The second-order valence-corrected chi connectivity index (χ2v) is 6.93. The molecule has 1 fully saturated rings. The molecular formula is C16H23ClN2O2. The Morgan fingerprint density at radius 1 is 1.33 bits per heavy atom. The molecule has 0 aliphatic carbocycles. The summed E-state index contributed by atoms with van der Waals surface area (Å²) in [4.78, 5) is 18.8. The largest absolute Gasteiger partial charge is 0.381 e. The number of methoxy groups -OCH3 is 1. The van der Waals surface area contributed by atoms with Gasteiger partial charge in [-0.3, -0.25) is 4.79 Å². The van der Waals surface area contributed by atoms with Crippen molar-refractivity contribution in [2.24, 2.45) is 0 Å². The quantitative estimate of drug-likeness (QED) is 0.787. The maximum Gasteiger partial charge on any atom is 0.254 e. The van der Waals surface area contributed by atoms with Crippen LogP contribution < -0.4 is 0 Å². The van der Waals surface area contributed by atoms with E-state index < -0.39 is 0 Å². The minimum Gasteiger partial charge on any atom is -0.381 e. The van der Waals surface area contributed by atoms with Crippen LogP contribution >= 0.6 is 11.6 Å². The summed E-state index contributed by atoms with van der Waals surface area (Å²) in [6.07, 6.45) is 2.03. The van der Waals surface area contributed by atoms with Gasteiger partial charge in [0.05, 0.1) is 6.10 Å².